The molecular weight excluding hydrogens is 400 g/mol. The van der Waals surface area contributed by atoms with Gasteiger partial charge in [0.25, 0.3) is 0 Å². The summed E-state index contributed by atoms with van der Waals surface area (Å²) in [6.07, 6.45) is 1.55. The second-order valence-electron chi connectivity index (χ2n) is 8.09. The molecule has 0 aliphatic rings. The van der Waals surface area contributed by atoms with Gasteiger partial charge in [0, 0.05) is 14.2 Å². The molecule has 0 spiro atoms. The Hall–Kier alpha value is 0.371. The van der Waals surface area contributed by atoms with E-state index in [4.69, 9.17) is 31.3 Å². The van der Waals surface area contributed by atoms with E-state index in [1.807, 2.05) is 61.2 Å². The van der Waals surface area contributed by atoms with Gasteiger partial charge < -0.3 is 31.3 Å². The lowest BCUT2D eigenvalue weighted by Crippen LogP contribution is -2.63. The zero-order valence-electron chi connectivity index (χ0n) is 19.2. The molecule has 0 radical (unpaired) electrons. The summed E-state index contributed by atoms with van der Waals surface area (Å²) < 4.78 is 42.2. The first-order chi connectivity index (χ1) is 12.3. The highest BCUT2D eigenvalue weighted by molar-refractivity contribution is 6.85. The molecule has 7 nitrogen and oxygen atoms in total. The second-order valence-corrected chi connectivity index (χ2v) is 18.2. The maximum absolute atomic E-state index is 6.56. The Morgan fingerprint density at radius 2 is 0.778 bits per heavy atom. The maximum atomic E-state index is 6.56. The number of ether oxygens (including phenoxy) is 3. The Balaban J connectivity index is 5.42. The Bertz CT molecular complexity index is 384. The van der Waals surface area contributed by atoms with E-state index in [0.29, 0.717) is 18.7 Å². The molecule has 0 aromatic carbocycles. The quantitative estimate of drug-likeness (QED) is 0.360. The Labute approximate surface area is 169 Å². The first-order valence-corrected chi connectivity index (χ1v) is 17.2. The Kier molecular flexibility index (Phi) is 12.3. The summed E-state index contributed by atoms with van der Waals surface area (Å²) in [6, 6.07) is 0. The van der Waals surface area contributed by atoms with Crippen LogP contribution in [0.15, 0.2) is 0 Å². The van der Waals surface area contributed by atoms with Gasteiger partial charge >= 0.3 is 25.7 Å². The van der Waals surface area contributed by atoms with Crippen LogP contribution < -0.4 is 0 Å². The van der Waals surface area contributed by atoms with Crippen molar-refractivity contribution in [1.29, 1.82) is 0 Å². The molecular formula is C17H42O7Si3. The highest BCUT2D eigenvalue weighted by Gasteiger charge is 2.49. The average molecular weight is 443 g/mol. The van der Waals surface area contributed by atoms with Crippen molar-refractivity contribution in [1.82, 2.24) is 0 Å². The van der Waals surface area contributed by atoms with E-state index in [1.165, 1.54) is 0 Å². The van der Waals surface area contributed by atoms with E-state index < -0.39 is 25.7 Å². The van der Waals surface area contributed by atoms with Crippen molar-refractivity contribution in [3.05, 3.63) is 0 Å². The molecule has 2 atom stereocenters. The molecule has 0 bridgehead atoms. The lowest BCUT2D eigenvalue weighted by Gasteiger charge is -2.41. The molecule has 0 amide bonds. The fourth-order valence-corrected chi connectivity index (χ4v) is 13.8. The summed E-state index contributed by atoms with van der Waals surface area (Å²) in [5, 5.41) is 0. The van der Waals surface area contributed by atoms with E-state index in [9.17, 15) is 0 Å². The second kappa shape index (κ2) is 12.2. The van der Waals surface area contributed by atoms with Crippen molar-refractivity contribution in [3.8, 4) is 0 Å². The van der Waals surface area contributed by atoms with E-state index in [1.54, 1.807) is 14.2 Å². The van der Waals surface area contributed by atoms with Gasteiger partial charge in [-0.05, 0) is 61.2 Å². The van der Waals surface area contributed by atoms with Crippen molar-refractivity contribution < 1.29 is 31.3 Å². The minimum absolute atomic E-state index is 0.0776. The lowest BCUT2D eigenvalue weighted by molar-refractivity contribution is 0.0648. The van der Waals surface area contributed by atoms with Gasteiger partial charge in [0.2, 0.25) is 0 Å². The molecule has 0 aromatic heterocycles. The molecule has 0 aromatic rings. The van der Waals surface area contributed by atoms with Crippen LogP contribution in [-0.2, 0) is 31.3 Å². The van der Waals surface area contributed by atoms with Crippen molar-refractivity contribution >= 4 is 25.7 Å². The summed E-state index contributed by atoms with van der Waals surface area (Å²) in [4.78, 5) is 0. The first-order valence-electron chi connectivity index (χ1n) is 9.64. The van der Waals surface area contributed by atoms with Gasteiger partial charge in [0.05, 0.1) is 37.0 Å². The van der Waals surface area contributed by atoms with Gasteiger partial charge in [-0.3, -0.25) is 0 Å². The first kappa shape index (κ1) is 27.4. The fraction of sp³-hybridized carbons (Fsp3) is 1.00. The SMILES string of the molecule is CO[Si](C)(COC(C)C)O[Si](C)(COC(C)C)O[Si](C)(COC(C)C)OC. The summed E-state index contributed by atoms with van der Waals surface area (Å²) in [6.45, 7) is 18.0. The maximum Gasteiger partial charge on any atom is 0.352 e. The molecule has 27 heavy (non-hydrogen) atoms. The molecule has 0 heterocycles. The van der Waals surface area contributed by atoms with Crippen LogP contribution in [0, 0.1) is 0 Å². The predicted octanol–water partition coefficient (Wildman–Crippen LogP) is 3.42. The molecule has 0 rings (SSSR count). The molecule has 0 fully saturated rings. The minimum atomic E-state index is -2.78. The fourth-order valence-electron chi connectivity index (χ4n) is 2.21. The summed E-state index contributed by atoms with van der Waals surface area (Å²) in [7, 11) is -4.62. The van der Waals surface area contributed by atoms with Crippen LogP contribution in [0.4, 0.5) is 0 Å². The molecule has 0 saturated heterocycles. The molecule has 0 N–H and O–H groups in total. The van der Waals surface area contributed by atoms with E-state index in [0.717, 1.165) is 0 Å². The zero-order valence-corrected chi connectivity index (χ0v) is 22.2. The largest absolute Gasteiger partial charge is 0.413 e. The smallest absolute Gasteiger partial charge is 0.352 e. The monoisotopic (exact) mass is 442 g/mol. The predicted molar refractivity (Wildman–Crippen MR) is 114 cm³/mol. The molecule has 0 saturated carbocycles. The third kappa shape index (κ3) is 11.8. The lowest BCUT2D eigenvalue weighted by atomic mass is 10.5. The number of hydrogen-bond acceptors (Lipinski definition) is 7. The molecule has 0 aliphatic heterocycles. The third-order valence-electron chi connectivity index (χ3n) is 3.76. The van der Waals surface area contributed by atoms with Crippen LogP contribution in [0.3, 0.4) is 0 Å². The van der Waals surface area contributed by atoms with Crippen molar-refractivity contribution in [3.63, 3.8) is 0 Å². The van der Waals surface area contributed by atoms with Crippen LogP contribution >= 0.6 is 0 Å². The van der Waals surface area contributed by atoms with Gasteiger partial charge in [-0.15, -0.1) is 0 Å². The van der Waals surface area contributed by atoms with Crippen LogP contribution in [0.5, 0.6) is 0 Å². The third-order valence-corrected chi connectivity index (χ3v) is 14.5. The summed E-state index contributed by atoms with van der Waals surface area (Å²) in [5.41, 5.74) is 0. The van der Waals surface area contributed by atoms with Crippen LogP contribution in [-0.4, -0.2) is 76.9 Å². The van der Waals surface area contributed by atoms with E-state index >= 15 is 0 Å². The number of hydrogen-bond donors (Lipinski definition) is 0. The molecule has 0 aliphatic carbocycles. The zero-order chi connectivity index (χ0) is 21.3. The molecule has 164 valence electrons. The van der Waals surface area contributed by atoms with Crippen molar-refractivity contribution in [2.45, 2.75) is 79.5 Å². The van der Waals surface area contributed by atoms with E-state index in [2.05, 4.69) is 0 Å². The van der Waals surface area contributed by atoms with Gasteiger partial charge in [0.1, 0.15) is 0 Å². The molecule has 10 heteroatoms. The van der Waals surface area contributed by atoms with Crippen molar-refractivity contribution in [2.75, 3.05) is 32.9 Å². The molecule has 2 unspecified atom stereocenters. The highest BCUT2D eigenvalue weighted by atomic mass is 28.5. The van der Waals surface area contributed by atoms with Gasteiger partial charge in [-0.2, -0.15) is 0 Å². The highest BCUT2D eigenvalue weighted by Crippen LogP contribution is 2.23. The van der Waals surface area contributed by atoms with Crippen molar-refractivity contribution in [2.24, 2.45) is 0 Å². The van der Waals surface area contributed by atoms with Gasteiger partial charge in [-0.25, -0.2) is 0 Å². The number of rotatable bonds is 15. The van der Waals surface area contributed by atoms with Crippen LogP contribution in [0.25, 0.3) is 0 Å². The standard InChI is InChI=1S/C17H42O7Si3/c1-15(2)20-12-25(9,18-7)23-27(11,14-22-17(5)6)24-26(10,19-8)13-21-16(3)4/h15-17H,12-14H2,1-11H3. The Morgan fingerprint density at radius 1 is 0.519 bits per heavy atom. The summed E-state index contributed by atoms with van der Waals surface area (Å²) >= 11 is 0. The summed E-state index contributed by atoms with van der Waals surface area (Å²) in [5.74, 6) is 0. The van der Waals surface area contributed by atoms with Crippen LogP contribution in [0.2, 0.25) is 19.6 Å². The average Bonchev–Trinajstić information content (AvgIpc) is 2.56. The minimum Gasteiger partial charge on any atom is -0.413 e. The van der Waals surface area contributed by atoms with Gasteiger partial charge in [-0.1, -0.05) is 0 Å². The van der Waals surface area contributed by atoms with E-state index in [-0.39, 0.29) is 18.3 Å². The van der Waals surface area contributed by atoms with Gasteiger partial charge in [0.15, 0.2) is 0 Å². The normalized spacial score (nSPS) is 19.3. The van der Waals surface area contributed by atoms with Crippen LogP contribution in [0.1, 0.15) is 41.5 Å². The Morgan fingerprint density at radius 3 is 1.00 bits per heavy atom. The topological polar surface area (TPSA) is 64.6 Å².